The maximum atomic E-state index is 2.57. The van der Waals surface area contributed by atoms with Crippen molar-refractivity contribution in [1.29, 1.82) is 0 Å². The molecule has 272 valence electrons. The molecule has 0 fully saturated rings. The monoisotopic (exact) mass is 740 g/mol. The first kappa shape index (κ1) is 31.6. The number of para-hydroxylation sites is 3. The molecule has 2 unspecified atom stereocenters. The van der Waals surface area contributed by atoms with E-state index in [1.165, 1.54) is 82.4 Å². The fourth-order valence-electron chi connectivity index (χ4n) is 10.2. The Balaban J connectivity index is 1.04. The van der Waals surface area contributed by atoms with Gasteiger partial charge in [-0.05, 0) is 88.3 Å². The molecule has 4 heterocycles. The van der Waals surface area contributed by atoms with Crippen molar-refractivity contribution in [3.8, 4) is 17.1 Å². The first-order valence-corrected chi connectivity index (χ1v) is 20.2. The smallest absolute Gasteiger partial charge is 0.131 e. The van der Waals surface area contributed by atoms with Crippen molar-refractivity contribution in [3.63, 3.8) is 0 Å². The van der Waals surface area contributed by atoms with Crippen LogP contribution < -0.4 is 4.90 Å². The summed E-state index contributed by atoms with van der Waals surface area (Å²) in [5.41, 5.74) is 10.8. The van der Waals surface area contributed by atoms with Crippen molar-refractivity contribution in [1.82, 2.24) is 13.7 Å². The van der Waals surface area contributed by atoms with Crippen LogP contribution in [0, 0.1) is 0 Å². The number of nitrogens with zero attached hydrogens (tertiary/aromatic N) is 4. The number of allylic oxidation sites excluding steroid dienone is 2. The highest BCUT2D eigenvalue weighted by atomic mass is 15.3. The lowest BCUT2D eigenvalue weighted by Crippen LogP contribution is -2.30. The highest BCUT2D eigenvalue weighted by Gasteiger charge is 2.42. The molecule has 8 aromatic carbocycles. The highest BCUT2D eigenvalue weighted by Crippen LogP contribution is 2.53. The van der Waals surface area contributed by atoms with E-state index in [1.54, 1.807) is 0 Å². The number of hydrogen-bond donors (Lipinski definition) is 0. The van der Waals surface area contributed by atoms with Gasteiger partial charge in [0.1, 0.15) is 11.5 Å². The maximum absolute atomic E-state index is 2.57. The number of fused-ring (bicyclic) bond motifs is 12. The van der Waals surface area contributed by atoms with Crippen molar-refractivity contribution in [2.45, 2.75) is 12.0 Å². The zero-order chi connectivity index (χ0) is 37.9. The van der Waals surface area contributed by atoms with Gasteiger partial charge in [0.05, 0.1) is 22.6 Å². The Bertz CT molecular complexity index is 3540. The molecule has 0 spiro atoms. The van der Waals surface area contributed by atoms with Crippen molar-refractivity contribution >= 4 is 76.8 Å². The molecule has 13 rings (SSSR count). The predicted molar refractivity (Wildman–Crippen MR) is 243 cm³/mol. The van der Waals surface area contributed by atoms with E-state index in [2.05, 4.69) is 225 Å². The number of benzene rings is 8. The van der Waals surface area contributed by atoms with Gasteiger partial charge in [0.2, 0.25) is 0 Å². The summed E-state index contributed by atoms with van der Waals surface area (Å²) in [7, 11) is 0. The van der Waals surface area contributed by atoms with Crippen molar-refractivity contribution in [2.24, 2.45) is 0 Å². The third kappa shape index (κ3) is 4.34. The molecule has 0 bridgehead atoms. The van der Waals surface area contributed by atoms with Crippen molar-refractivity contribution in [2.75, 3.05) is 4.90 Å². The lowest BCUT2D eigenvalue weighted by molar-refractivity contribution is 0.741. The summed E-state index contributed by atoms with van der Waals surface area (Å²) in [6.07, 6.45) is 9.19. The van der Waals surface area contributed by atoms with Crippen LogP contribution in [0.1, 0.15) is 11.5 Å². The zero-order valence-corrected chi connectivity index (χ0v) is 31.6. The van der Waals surface area contributed by atoms with Crippen LogP contribution in [-0.4, -0.2) is 19.7 Å². The Kier molecular flexibility index (Phi) is 6.53. The van der Waals surface area contributed by atoms with E-state index in [4.69, 9.17) is 0 Å². The van der Waals surface area contributed by atoms with Gasteiger partial charge in [-0.1, -0.05) is 140 Å². The minimum Gasteiger partial charge on any atom is -0.319 e. The second-order valence-corrected chi connectivity index (χ2v) is 15.7. The second kappa shape index (κ2) is 12.0. The second-order valence-electron chi connectivity index (χ2n) is 15.7. The molecule has 4 nitrogen and oxygen atoms in total. The fraction of sp³-hybridized carbons (Fsp3) is 0.0370. The average molecular weight is 741 g/mol. The van der Waals surface area contributed by atoms with Gasteiger partial charge in [-0.25, -0.2) is 0 Å². The van der Waals surface area contributed by atoms with Crippen LogP contribution in [0.25, 0.3) is 82.3 Å². The Morgan fingerprint density at radius 2 is 0.828 bits per heavy atom. The zero-order valence-electron chi connectivity index (χ0n) is 31.6. The van der Waals surface area contributed by atoms with E-state index in [9.17, 15) is 0 Å². The van der Waals surface area contributed by atoms with Crippen LogP contribution in [0.15, 0.2) is 206 Å². The molecule has 2 atom stereocenters. The lowest BCUT2D eigenvalue weighted by atomic mass is 9.90. The van der Waals surface area contributed by atoms with Gasteiger partial charge in [0, 0.05) is 55.8 Å². The molecule has 11 aromatic rings. The van der Waals surface area contributed by atoms with Gasteiger partial charge in [0.15, 0.2) is 0 Å². The molecule has 2 aliphatic rings. The molecule has 0 N–H and O–H groups in total. The molecule has 1 aliphatic carbocycles. The Hall–Kier alpha value is -7.56. The molecule has 3 aromatic heterocycles. The summed E-state index contributed by atoms with van der Waals surface area (Å²) in [5, 5.41) is 10.1. The molecule has 58 heavy (non-hydrogen) atoms. The van der Waals surface area contributed by atoms with Crippen LogP contribution in [-0.2, 0) is 0 Å². The molecule has 1 aliphatic heterocycles. The van der Waals surface area contributed by atoms with Gasteiger partial charge in [-0.15, -0.1) is 0 Å². The molecule has 4 heteroatoms. The minimum absolute atomic E-state index is 0.183. The Labute approximate surface area is 335 Å². The summed E-state index contributed by atoms with van der Waals surface area (Å²) >= 11 is 0. The molecule has 0 saturated heterocycles. The van der Waals surface area contributed by atoms with E-state index in [-0.39, 0.29) is 12.0 Å². The molecule has 0 amide bonds. The third-order valence-electron chi connectivity index (χ3n) is 12.7. The van der Waals surface area contributed by atoms with Crippen LogP contribution in [0.5, 0.6) is 0 Å². The molecule has 0 saturated carbocycles. The Morgan fingerprint density at radius 3 is 1.48 bits per heavy atom. The number of hydrogen-bond acceptors (Lipinski definition) is 1. The van der Waals surface area contributed by atoms with Crippen molar-refractivity contribution < 1.29 is 0 Å². The van der Waals surface area contributed by atoms with E-state index in [1.807, 2.05) is 0 Å². The van der Waals surface area contributed by atoms with Gasteiger partial charge < -0.3 is 4.90 Å². The number of rotatable bonds is 4. The fourth-order valence-corrected chi connectivity index (χ4v) is 10.2. The summed E-state index contributed by atoms with van der Waals surface area (Å²) in [5.74, 6) is 1.48. The average Bonchev–Trinajstić information content (AvgIpc) is 4.01. The SMILES string of the molecule is C1=CC2c3c(n(-c4ccc(-n5c6ccccc6c6c7ccccc7n(-c7ccc8ccccc8c7)c65)cc4)c4ccccc34)N(c3ccc4ccccc4c3)C2C=C1. The summed E-state index contributed by atoms with van der Waals surface area (Å²) < 4.78 is 7.42. The number of anilines is 2. The molecular weight excluding hydrogens is 705 g/mol. The highest BCUT2D eigenvalue weighted by molar-refractivity contribution is 6.22. The van der Waals surface area contributed by atoms with Crippen molar-refractivity contribution in [3.05, 3.63) is 212 Å². The Morgan fingerprint density at radius 1 is 0.362 bits per heavy atom. The molecule has 0 radical (unpaired) electrons. The van der Waals surface area contributed by atoms with Gasteiger partial charge in [0.25, 0.3) is 0 Å². The van der Waals surface area contributed by atoms with Gasteiger partial charge in [-0.3, -0.25) is 13.7 Å². The maximum Gasteiger partial charge on any atom is 0.131 e. The van der Waals surface area contributed by atoms with Gasteiger partial charge >= 0.3 is 0 Å². The summed E-state index contributed by atoms with van der Waals surface area (Å²) in [4.78, 5) is 2.57. The first-order chi connectivity index (χ1) is 28.8. The predicted octanol–water partition coefficient (Wildman–Crippen LogP) is 13.7. The van der Waals surface area contributed by atoms with Crippen LogP contribution in [0.2, 0.25) is 0 Å². The summed E-state index contributed by atoms with van der Waals surface area (Å²) in [6.45, 7) is 0. The van der Waals surface area contributed by atoms with E-state index in [0.717, 1.165) is 17.1 Å². The quantitative estimate of drug-likeness (QED) is 0.176. The minimum atomic E-state index is 0.183. The largest absolute Gasteiger partial charge is 0.319 e. The lowest BCUT2D eigenvalue weighted by Gasteiger charge is -2.30. The van der Waals surface area contributed by atoms with E-state index < -0.39 is 0 Å². The van der Waals surface area contributed by atoms with Crippen LogP contribution >= 0.6 is 0 Å². The van der Waals surface area contributed by atoms with Gasteiger partial charge in [-0.2, -0.15) is 0 Å². The summed E-state index contributed by atoms with van der Waals surface area (Å²) in [6, 6.07) is 67.2. The van der Waals surface area contributed by atoms with E-state index >= 15 is 0 Å². The van der Waals surface area contributed by atoms with Crippen LogP contribution in [0.3, 0.4) is 0 Å². The third-order valence-corrected chi connectivity index (χ3v) is 12.7. The van der Waals surface area contributed by atoms with E-state index in [0.29, 0.717) is 0 Å². The standard InChI is InChI=1S/C54H36N4/c1-3-15-37-33-41(27-25-35(37)13-1)57-49-23-11-7-19-45(49)51-43-17-5-9-21-47(43)55(53(51)57)39-29-31-40(32-30-39)56-48-22-10-6-18-44(48)52-46-20-8-12-24-50(46)58(54(52)56)42-28-26-36-14-2-4-16-38(36)34-42/h1-34,45,49H. The normalized spacial score (nSPS) is 16.1. The topological polar surface area (TPSA) is 18.0 Å². The first-order valence-electron chi connectivity index (χ1n) is 20.2. The van der Waals surface area contributed by atoms with Crippen LogP contribution in [0.4, 0.5) is 11.5 Å². The number of aromatic nitrogens is 3. The molecular formula is C54H36N4.